The first-order valence-electron chi connectivity index (χ1n) is 7.16. The van der Waals surface area contributed by atoms with Crippen LogP contribution in [0.1, 0.15) is 0 Å². The molecule has 0 aliphatic carbocycles. The lowest BCUT2D eigenvalue weighted by Crippen LogP contribution is -1.97. The highest BCUT2D eigenvalue weighted by Gasteiger charge is 2.15. The molecule has 3 heteroatoms. The van der Waals surface area contributed by atoms with Gasteiger partial charge in [0.1, 0.15) is 11.6 Å². The van der Waals surface area contributed by atoms with Crippen molar-refractivity contribution < 1.29 is 5.11 Å². The molecule has 1 aromatic heterocycles. The van der Waals surface area contributed by atoms with Gasteiger partial charge in [0, 0.05) is 5.69 Å². The SMILES string of the molecule is Oc1ccccc1-c1nc2ccccc2n1-c1ccccc1. The lowest BCUT2D eigenvalue weighted by atomic mass is 10.2. The summed E-state index contributed by atoms with van der Waals surface area (Å²) < 4.78 is 2.07. The monoisotopic (exact) mass is 286 g/mol. The molecule has 4 aromatic rings. The Labute approximate surface area is 128 Å². The van der Waals surface area contributed by atoms with Gasteiger partial charge in [-0.25, -0.2) is 4.98 Å². The van der Waals surface area contributed by atoms with Gasteiger partial charge in [-0.2, -0.15) is 0 Å². The molecule has 4 rings (SSSR count). The van der Waals surface area contributed by atoms with E-state index in [-0.39, 0.29) is 5.75 Å². The fraction of sp³-hybridized carbons (Fsp3) is 0. The number of rotatable bonds is 2. The Balaban J connectivity index is 2.09. The minimum Gasteiger partial charge on any atom is -0.507 e. The van der Waals surface area contributed by atoms with Crippen LogP contribution in [-0.2, 0) is 0 Å². The Hall–Kier alpha value is -3.07. The van der Waals surface area contributed by atoms with E-state index in [0.29, 0.717) is 0 Å². The molecule has 0 saturated carbocycles. The van der Waals surface area contributed by atoms with Gasteiger partial charge in [0.2, 0.25) is 0 Å². The average Bonchev–Trinajstić information content (AvgIpc) is 2.95. The van der Waals surface area contributed by atoms with Crippen molar-refractivity contribution in [3.8, 4) is 22.8 Å². The Kier molecular flexibility index (Phi) is 2.90. The van der Waals surface area contributed by atoms with Crippen LogP contribution >= 0.6 is 0 Å². The van der Waals surface area contributed by atoms with Gasteiger partial charge in [0.25, 0.3) is 0 Å². The molecule has 106 valence electrons. The van der Waals surface area contributed by atoms with E-state index in [1.54, 1.807) is 6.07 Å². The molecule has 0 unspecified atom stereocenters. The summed E-state index contributed by atoms with van der Waals surface area (Å²) in [6.45, 7) is 0. The summed E-state index contributed by atoms with van der Waals surface area (Å²) in [5.74, 6) is 0.973. The maximum atomic E-state index is 10.2. The third-order valence-electron chi connectivity index (χ3n) is 3.72. The number of hydrogen-bond acceptors (Lipinski definition) is 2. The van der Waals surface area contributed by atoms with Crippen LogP contribution in [0.4, 0.5) is 0 Å². The van der Waals surface area contributed by atoms with E-state index in [1.165, 1.54) is 0 Å². The van der Waals surface area contributed by atoms with Crippen LogP contribution in [0, 0.1) is 0 Å². The lowest BCUT2D eigenvalue weighted by molar-refractivity contribution is 0.477. The second kappa shape index (κ2) is 5.04. The topological polar surface area (TPSA) is 38.1 Å². The van der Waals surface area contributed by atoms with Crippen LogP contribution in [-0.4, -0.2) is 14.7 Å². The minimum absolute atomic E-state index is 0.231. The van der Waals surface area contributed by atoms with Crippen LogP contribution in [0.3, 0.4) is 0 Å². The zero-order valence-electron chi connectivity index (χ0n) is 11.8. The molecule has 0 bridgehead atoms. The van der Waals surface area contributed by atoms with Gasteiger partial charge in [-0.1, -0.05) is 42.5 Å². The van der Waals surface area contributed by atoms with Crippen molar-refractivity contribution >= 4 is 11.0 Å². The number of para-hydroxylation sites is 4. The first-order valence-corrected chi connectivity index (χ1v) is 7.16. The van der Waals surface area contributed by atoms with Gasteiger partial charge in [-0.05, 0) is 36.4 Å². The van der Waals surface area contributed by atoms with Gasteiger partial charge in [-0.3, -0.25) is 4.57 Å². The van der Waals surface area contributed by atoms with Gasteiger partial charge in [0.15, 0.2) is 0 Å². The normalized spacial score (nSPS) is 10.9. The minimum atomic E-state index is 0.231. The molecular formula is C19H14N2O. The Morgan fingerprint density at radius 1 is 0.727 bits per heavy atom. The first-order chi connectivity index (χ1) is 10.8. The fourth-order valence-corrected chi connectivity index (χ4v) is 2.71. The summed E-state index contributed by atoms with van der Waals surface area (Å²) in [4.78, 5) is 4.72. The highest BCUT2D eigenvalue weighted by molar-refractivity contribution is 5.84. The van der Waals surface area contributed by atoms with Crippen LogP contribution in [0.25, 0.3) is 28.1 Å². The van der Waals surface area contributed by atoms with Crippen molar-refractivity contribution in [1.82, 2.24) is 9.55 Å². The third-order valence-corrected chi connectivity index (χ3v) is 3.72. The van der Waals surface area contributed by atoms with Crippen molar-refractivity contribution in [3.05, 3.63) is 78.9 Å². The van der Waals surface area contributed by atoms with Gasteiger partial charge in [-0.15, -0.1) is 0 Å². The number of fused-ring (bicyclic) bond motifs is 1. The molecule has 3 nitrogen and oxygen atoms in total. The van der Waals surface area contributed by atoms with Crippen LogP contribution in [0.15, 0.2) is 78.9 Å². The van der Waals surface area contributed by atoms with Crippen molar-refractivity contribution in [3.63, 3.8) is 0 Å². The molecule has 0 atom stereocenters. The number of benzene rings is 3. The molecule has 1 heterocycles. The lowest BCUT2D eigenvalue weighted by Gasteiger charge is -2.10. The molecule has 0 saturated heterocycles. The third kappa shape index (κ3) is 1.95. The van der Waals surface area contributed by atoms with E-state index in [0.717, 1.165) is 28.1 Å². The number of imidazole rings is 1. The fourth-order valence-electron chi connectivity index (χ4n) is 2.71. The van der Waals surface area contributed by atoms with Gasteiger partial charge >= 0.3 is 0 Å². The standard InChI is InChI=1S/C19H14N2O/c22-18-13-7-4-10-15(18)19-20-16-11-5-6-12-17(16)21(19)14-8-2-1-3-9-14/h1-13,22H. The van der Waals surface area contributed by atoms with E-state index in [2.05, 4.69) is 4.57 Å². The summed E-state index contributed by atoms with van der Waals surface area (Å²) in [6.07, 6.45) is 0. The van der Waals surface area contributed by atoms with Crippen LogP contribution in [0.5, 0.6) is 5.75 Å². The molecule has 3 aromatic carbocycles. The summed E-state index contributed by atoms with van der Waals surface area (Å²) >= 11 is 0. The van der Waals surface area contributed by atoms with Crippen LogP contribution in [0.2, 0.25) is 0 Å². The second-order valence-corrected chi connectivity index (χ2v) is 5.11. The molecule has 1 N–H and O–H groups in total. The van der Waals surface area contributed by atoms with Gasteiger partial charge < -0.3 is 5.11 Å². The van der Waals surface area contributed by atoms with Crippen molar-refractivity contribution in [2.24, 2.45) is 0 Å². The number of hydrogen-bond donors (Lipinski definition) is 1. The van der Waals surface area contributed by atoms with E-state index >= 15 is 0 Å². The largest absolute Gasteiger partial charge is 0.507 e. The molecule has 0 aliphatic rings. The predicted molar refractivity (Wildman–Crippen MR) is 88.2 cm³/mol. The molecule has 0 aliphatic heterocycles. The number of phenols is 1. The quantitative estimate of drug-likeness (QED) is 0.593. The number of phenolic OH excluding ortho intramolecular Hbond substituents is 1. The Bertz CT molecular complexity index is 942. The van der Waals surface area contributed by atoms with E-state index in [9.17, 15) is 5.11 Å². The summed E-state index contributed by atoms with van der Waals surface area (Å²) in [7, 11) is 0. The van der Waals surface area contributed by atoms with E-state index < -0.39 is 0 Å². The van der Waals surface area contributed by atoms with Gasteiger partial charge in [0.05, 0.1) is 16.6 Å². The number of aromatic hydroxyl groups is 1. The number of nitrogens with zero attached hydrogens (tertiary/aromatic N) is 2. The molecule has 22 heavy (non-hydrogen) atoms. The second-order valence-electron chi connectivity index (χ2n) is 5.11. The van der Waals surface area contributed by atoms with Crippen LogP contribution < -0.4 is 0 Å². The highest BCUT2D eigenvalue weighted by atomic mass is 16.3. The summed E-state index contributed by atoms with van der Waals surface area (Å²) in [5, 5.41) is 10.2. The Morgan fingerprint density at radius 2 is 1.41 bits per heavy atom. The predicted octanol–water partition coefficient (Wildman–Crippen LogP) is 4.40. The molecule has 0 spiro atoms. The van der Waals surface area contributed by atoms with Crippen molar-refractivity contribution in [2.75, 3.05) is 0 Å². The zero-order chi connectivity index (χ0) is 14.9. The Morgan fingerprint density at radius 3 is 2.23 bits per heavy atom. The zero-order valence-corrected chi connectivity index (χ0v) is 11.8. The highest BCUT2D eigenvalue weighted by Crippen LogP contribution is 2.33. The molecule has 0 fully saturated rings. The average molecular weight is 286 g/mol. The molecule has 0 radical (unpaired) electrons. The maximum absolute atomic E-state index is 10.2. The van der Waals surface area contributed by atoms with Crippen molar-refractivity contribution in [1.29, 1.82) is 0 Å². The van der Waals surface area contributed by atoms with E-state index in [4.69, 9.17) is 4.98 Å². The van der Waals surface area contributed by atoms with E-state index in [1.807, 2.05) is 72.8 Å². The smallest absolute Gasteiger partial charge is 0.149 e. The van der Waals surface area contributed by atoms with Crippen molar-refractivity contribution in [2.45, 2.75) is 0 Å². The maximum Gasteiger partial charge on any atom is 0.149 e. The first kappa shape index (κ1) is 12.7. The molecular weight excluding hydrogens is 272 g/mol. The molecule has 0 amide bonds. The summed E-state index contributed by atoms with van der Waals surface area (Å²) in [5.41, 5.74) is 3.67. The number of aromatic nitrogens is 2. The summed E-state index contributed by atoms with van der Waals surface area (Å²) in [6, 6.07) is 25.3.